The van der Waals surface area contributed by atoms with Gasteiger partial charge in [-0.3, -0.25) is 0 Å². The van der Waals surface area contributed by atoms with Gasteiger partial charge < -0.3 is 15.4 Å². The van der Waals surface area contributed by atoms with Crippen LogP contribution in [0.15, 0.2) is 24.3 Å². The molecule has 1 aliphatic heterocycles. The van der Waals surface area contributed by atoms with Gasteiger partial charge in [0.25, 0.3) is 0 Å². The van der Waals surface area contributed by atoms with Gasteiger partial charge in [-0.1, -0.05) is 18.2 Å². The second-order valence-electron chi connectivity index (χ2n) is 4.61. The number of nitrogens with two attached hydrogens (primary N) is 1. The van der Waals surface area contributed by atoms with Crippen molar-refractivity contribution in [2.75, 3.05) is 31.2 Å². The maximum atomic E-state index is 12.0. The smallest absolute Gasteiger partial charge is 0.370 e. The van der Waals surface area contributed by atoms with E-state index >= 15 is 0 Å². The minimum absolute atomic E-state index is 0.00328. The molecule has 0 amide bonds. The molecule has 1 aromatic carbocycles. The molecule has 0 radical (unpaired) electrons. The van der Waals surface area contributed by atoms with Crippen molar-refractivity contribution in [3.8, 4) is 0 Å². The van der Waals surface area contributed by atoms with Crippen molar-refractivity contribution < 1.29 is 17.9 Å². The van der Waals surface area contributed by atoms with Gasteiger partial charge in [0.1, 0.15) is 6.61 Å². The van der Waals surface area contributed by atoms with Crippen molar-refractivity contribution in [2.45, 2.75) is 18.6 Å². The largest absolute Gasteiger partial charge is 0.411 e. The summed E-state index contributed by atoms with van der Waals surface area (Å²) in [5.41, 5.74) is 8.06. The van der Waals surface area contributed by atoms with Crippen LogP contribution in [0.25, 0.3) is 0 Å². The van der Waals surface area contributed by atoms with E-state index in [1.54, 1.807) is 0 Å². The van der Waals surface area contributed by atoms with Crippen LogP contribution in [0.2, 0.25) is 0 Å². The second kappa shape index (κ2) is 5.79. The second-order valence-corrected chi connectivity index (χ2v) is 4.61. The third kappa shape index (κ3) is 3.84. The van der Waals surface area contributed by atoms with Gasteiger partial charge >= 0.3 is 6.18 Å². The Bertz CT molecular complexity index is 423. The fraction of sp³-hybridized carbons (Fsp3) is 0.538. The highest BCUT2D eigenvalue weighted by Crippen LogP contribution is 2.31. The van der Waals surface area contributed by atoms with Crippen LogP contribution in [-0.4, -0.2) is 32.5 Å². The summed E-state index contributed by atoms with van der Waals surface area (Å²) in [7, 11) is 0. The highest BCUT2D eigenvalue weighted by Gasteiger charge is 2.27. The summed E-state index contributed by atoms with van der Waals surface area (Å²) in [5, 5.41) is 0. The SMILES string of the molecule is NC1CCN(CCOCC(F)(F)F)c2ccccc21. The van der Waals surface area contributed by atoms with E-state index < -0.39 is 12.8 Å². The summed E-state index contributed by atoms with van der Waals surface area (Å²) in [5.74, 6) is 0. The molecule has 6 heteroatoms. The minimum atomic E-state index is -4.26. The van der Waals surface area contributed by atoms with Crippen LogP contribution in [0.3, 0.4) is 0 Å². The van der Waals surface area contributed by atoms with E-state index in [1.807, 2.05) is 29.2 Å². The number of para-hydroxylation sites is 1. The molecule has 106 valence electrons. The number of hydrogen-bond acceptors (Lipinski definition) is 3. The fourth-order valence-corrected chi connectivity index (χ4v) is 2.25. The predicted molar refractivity (Wildman–Crippen MR) is 67.1 cm³/mol. The molecule has 0 fully saturated rings. The van der Waals surface area contributed by atoms with Gasteiger partial charge in [-0.2, -0.15) is 13.2 Å². The lowest BCUT2D eigenvalue weighted by atomic mass is 9.97. The summed E-state index contributed by atoms with van der Waals surface area (Å²) < 4.78 is 40.5. The Morgan fingerprint density at radius 1 is 1.32 bits per heavy atom. The molecule has 0 bridgehead atoms. The first kappa shape index (κ1) is 14.1. The maximum absolute atomic E-state index is 12.0. The Morgan fingerprint density at radius 3 is 2.79 bits per heavy atom. The number of rotatable bonds is 4. The topological polar surface area (TPSA) is 38.5 Å². The number of alkyl halides is 3. The summed E-state index contributed by atoms with van der Waals surface area (Å²) in [6.07, 6.45) is -3.46. The first-order valence-corrected chi connectivity index (χ1v) is 6.21. The predicted octanol–water partition coefficient (Wildman–Crippen LogP) is 2.48. The monoisotopic (exact) mass is 274 g/mol. The Hall–Kier alpha value is -1.27. The fourth-order valence-electron chi connectivity index (χ4n) is 2.25. The van der Waals surface area contributed by atoms with E-state index in [2.05, 4.69) is 4.74 Å². The molecule has 19 heavy (non-hydrogen) atoms. The molecule has 2 N–H and O–H groups in total. The van der Waals surface area contributed by atoms with Gasteiger partial charge in [-0.15, -0.1) is 0 Å². The van der Waals surface area contributed by atoms with E-state index in [-0.39, 0.29) is 12.6 Å². The molecule has 2 rings (SSSR count). The van der Waals surface area contributed by atoms with Crippen LogP contribution < -0.4 is 10.6 Å². The molecule has 3 nitrogen and oxygen atoms in total. The van der Waals surface area contributed by atoms with Gasteiger partial charge in [-0.05, 0) is 18.1 Å². The Balaban J connectivity index is 1.90. The summed E-state index contributed by atoms with van der Waals surface area (Å²) in [6.45, 7) is 0.0540. The van der Waals surface area contributed by atoms with Crippen molar-refractivity contribution in [3.05, 3.63) is 29.8 Å². The zero-order valence-corrected chi connectivity index (χ0v) is 10.5. The number of ether oxygens (including phenoxy) is 1. The molecule has 1 unspecified atom stereocenters. The van der Waals surface area contributed by atoms with Crippen LogP contribution in [0, 0.1) is 0 Å². The molecule has 1 aromatic rings. The van der Waals surface area contributed by atoms with Crippen LogP contribution >= 0.6 is 0 Å². The molecule has 0 spiro atoms. The average Bonchev–Trinajstić information content (AvgIpc) is 2.36. The van der Waals surface area contributed by atoms with E-state index in [0.717, 1.165) is 24.2 Å². The molecule has 0 aromatic heterocycles. The van der Waals surface area contributed by atoms with Gasteiger partial charge in [-0.25, -0.2) is 0 Å². The van der Waals surface area contributed by atoms with E-state index in [4.69, 9.17) is 5.73 Å². The molecule has 1 heterocycles. The van der Waals surface area contributed by atoms with Crippen molar-refractivity contribution in [3.63, 3.8) is 0 Å². The third-order valence-corrected chi connectivity index (χ3v) is 3.16. The normalized spacial score (nSPS) is 19.4. The molecule has 1 aliphatic rings. The minimum Gasteiger partial charge on any atom is -0.370 e. The zero-order chi connectivity index (χ0) is 13.9. The number of anilines is 1. The van der Waals surface area contributed by atoms with Crippen molar-refractivity contribution >= 4 is 5.69 Å². The number of benzene rings is 1. The summed E-state index contributed by atoms with van der Waals surface area (Å²) >= 11 is 0. The first-order valence-electron chi connectivity index (χ1n) is 6.21. The molecule has 1 atom stereocenters. The highest BCUT2D eigenvalue weighted by molar-refractivity contribution is 5.56. The van der Waals surface area contributed by atoms with Crippen LogP contribution in [0.4, 0.5) is 18.9 Å². The van der Waals surface area contributed by atoms with Gasteiger partial charge in [0, 0.05) is 24.8 Å². The quantitative estimate of drug-likeness (QED) is 0.857. The van der Waals surface area contributed by atoms with E-state index in [1.165, 1.54) is 0 Å². The van der Waals surface area contributed by atoms with Crippen molar-refractivity contribution in [1.29, 1.82) is 0 Å². The lowest BCUT2D eigenvalue weighted by Gasteiger charge is -2.34. The van der Waals surface area contributed by atoms with Gasteiger partial charge in [0.2, 0.25) is 0 Å². The van der Waals surface area contributed by atoms with Gasteiger partial charge in [0.05, 0.1) is 6.61 Å². The van der Waals surface area contributed by atoms with Crippen LogP contribution in [0.1, 0.15) is 18.0 Å². The number of hydrogen-bond donors (Lipinski definition) is 1. The highest BCUT2D eigenvalue weighted by atomic mass is 19.4. The standard InChI is InChI=1S/C13H17F3N2O/c14-13(15,16)9-19-8-7-18-6-5-11(17)10-3-1-2-4-12(10)18/h1-4,11H,5-9,17H2. The molecular formula is C13H17F3N2O. The van der Waals surface area contributed by atoms with Crippen LogP contribution in [0.5, 0.6) is 0 Å². The lowest BCUT2D eigenvalue weighted by molar-refractivity contribution is -0.173. The number of halogens is 3. The molecule has 0 saturated carbocycles. The van der Waals surface area contributed by atoms with Gasteiger partial charge in [0.15, 0.2) is 0 Å². The van der Waals surface area contributed by atoms with E-state index in [9.17, 15) is 13.2 Å². The third-order valence-electron chi connectivity index (χ3n) is 3.16. The zero-order valence-electron chi connectivity index (χ0n) is 10.5. The first-order chi connectivity index (χ1) is 8.97. The maximum Gasteiger partial charge on any atom is 0.411 e. The van der Waals surface area contributed by atoms with E-state index in [0.29, 0.717) is 6.54 Å². The Kier molecular flexibility index (Phi) is 4.31. The summed E-state index contributed by atoms with van der Waals surface area (Å²) in [4.78, 5) is 2.02. The number of nitrogens with zero attached hydrogens (tertiary/aromatic N) is 1. The van der Waals surface area contributed by atoms with Crippen molar-refractivity contribution in [1.82, 2.24) is 0 Å². The van der Waals surface area contributed by atoms with Crippen LogP contribution in [-0.2, 0) is 4.74 Å². The molecular weight excluding hydrogens is 257 g/mol. The molecule has 0 aliphatic carbocycles. The average molecular weight is 274 g/mol. The summed E-state index contributed by atoms with van der Waals surface area (Å²) in [6, 6.07) is 7.73. The lowest BCUT2D eigenvalue weighted by Crippen LogP contribution is -2.36. The Labute approximate surface area is 110 Å². The molecule has 0 saturated heterocycles. The number of fused-ring (bicyclic) bond motifs is 1. The van der Waals surface area contributed by atoms with Crippen molar-refractivity contribution in [2.24, 2.45) is 5.73 Å². The Morgan fingerprint density at radius 2 is 2.05 bits per heavy atom.